The molecule has 0 spiro atoms. The van der Waals surface area contributed by atoms with Gasteiger partial charge in [-0.25, -0.2) is 4.98 Å². The first-order valence-corrected chi connectivity index (χ1v) is 9.46. The zero-order chi connectivity index (χ0) is 18.1. The van der Waals surface area contributed by atoms with E-state index in [9.17, 15) is 4.79 Å². The molecule has 1 fully saturated rings. The molecule has 2 aromatic carbocycles. The van der Waals surface area contributed by atoms with Crippen molar-refractivity contribution < 1.29 is 4.79 Å². The van der Waals surface area contributed by atoms with Crippen molar-refractivity contribution in [1.82, 2.24) is 14.5 Å². The number of carbonyl (C=O) groups is 1. The van der Waals surface area contributed by atoms with Crippen LogP contribution < -0.4 is 0 Å². The van der Waals surface area contributed by atoms with E-state index in [0.29, 0.717) is 12.6 Å². The Hall–Kier alpha value is -2.62. The van der Waals surface area contributed by atoms with Gasteiger partial charge < -0.3 is 9.47 Å². The number of hydrogen-bond acceptors (Lipinski definition) is 2. The van der Waals surface area contributed by atoms with Gasteiger partial charge in [0.15, 0.2) is 0 Å². The molecule has 1 unspecified atom stereocenters. The fourth-order valence-corrected chi connectivity index (χ4v) is 3.96. The summed E-state index contributed by atoms with van der Waals surface area (Å²) in [5.74, 6) is 1.07. The smallest absolute Gasteiger partial charge is 0.242 e. The van der Waals surface area contributed by atoms with Gasteiger partial charge in [-0.05, 0) is 50.8 Å². The molecule has 4 rings (SSSR count). The van der Waals surface area contributed by atoms with Gasteiger partial charge in [-0.15, -0.1) is 0 Å². The zero-order valence-electron chi connectivity index (χ0n) is 15.5. The summed E-state index contributed by atoms with van der Waals surface area (Å²) in [5.41, 5.74) is 4.21. The average molecular weight is 347 g/mol. The second-order valence-electron chi connectivity index (χ2n) is 7.26. The van der Waals surface area contributed by atoms with Crippen LogP contribution in [0.1, 0.15) is 31.7 Å². The molecule has 4 nitrogen and oxygen atoms in total. The standard InChI is InChI=1S/C22H25N3O/c1-16-9-3-4-11-18(16)22-23-19-12-5-6-13-20(19)25(22)15-21(26)24-14-8-7-10-17(24)2/h3-6,9,11-13,17H,7-8,10,14-15H2,1-2H3. The van der Waals surface area contributed by atoms with Crippen LogP contribution in [0.4, 0.5) is 0 Å². The molecular weight excluding hydrogens is 322 g/mol. The number of likely N-dealkylation sites (tertiary alicyclic amines) is 1. The third kappa shape index (κ3) is 3.00. The Balaban J connectivity index is 1.77. The highest BCUT2D eigenvalue weighted by Crippen LogP contribution is 2.28. The molecule has 26 heavy (non-hydrogen) atoms. The molecule has 3 aromatic rings. The Kier molecular flexibility index (Phi) is 4.49. The first-order valence-electron chi connectivity index (χ1n) is 9.46. The summed E-state index contributed by atoms with van der Waals surface area (Å²) < 4.78 is 2.08. The van der Waals surface area contributed by atoms with E-state index in [1.54, 1.807) is 0 Å². The molecule has 134 valence electrons. The lowest BCUT2D eigenvalue weighted by molar-refractivity contribution is -0.134. The average Bonchev–Trinajstić information content (AvgIpc) is 3.01. The van der Waals surface area contributed by atoms with Crippen molar-refractivity contribution in [3.63, 3.8) is 0 Å². The van der Waals surface area contributed by atoms with E-state index in [1.807, 2.05) is 35.2 Å². The van der Waals surface area contributed by atoms with Crippen molar-refractivity contribution in [2.24, 2.45) is 0 Å². The first-order chi connectivity index (χ1) is 12.6. The molecule has 1 amide bonds. The number of hydrogen-bond donors (Lipinski definition) is 0. The quantitative estimate of drug-likeness (QED) is 0.704. The van der Waals surface area contributed by atoms with E-state index in [4.69, 9.17) is 4.98 Å². The number of fused-ring (bicyclic) bond motifs is 1. The van der Waals surface area contributed by atoms with E-state index in [0.717, 1.165) is 41.8 Å². The van der Waals surface area contributed by atoms with Gasteiger partial charge in [-0.3, -0.25) is 4.79 Å². The number of aromatic nitrogens is 2. The Labute approximate surface area is 154 Å². The molecule has 1 saturated heterocycles. The van der Waals surface area contributed by atoms with Crippen molar-refractivity contribution >= 4 is 16.9 Å². The number of aryl methyl sites for hydroxylation is 1. The van der Waals surface area contributed by atoms with Crippen LogP contribution >= 0.6 is 0 Å². The summed E-state index contributed by atoms with van der Waals surface area (Å²) in [4.78, 5) is 20.0. The third-order valence-electron chi connectivity index (χ3n) is 5.46. The fraction of sp³-hybridized carbons (Fsp3) is 0.364. The molecular formula is C22H25N3O. The van der Waals surface area contributed by atoms with E-state index in [-0.39, 0.29) is 5.91 Å². The van der Waals surface area contributed by atoms with Gasteiger partial charge in [0, 0.05) is 18.2 Å². The number of carbonyl (C=O) groups excluding carboxylic acids is 1. The highest BCUT2D eigenvalue weighted by atomic mass is 16.2. The van der Waals surface area contributed by atoms with Crippen LogP contribution in [0, 0.1) is 6.92 Å². The molecule has 0 radical (unpaired) electrons. The molecule has 1 aromatic heterocycles. The second-order valence-corrected chi connectivity index (χ2v) is 7.26. The lowest BCUT2D eigenvalue weighted by Gasteiger charge is -2.33. The predicted octanol–water partition coefficient (Wildman–Crippen LogP) is 4.41. The highest BCUT2D eigenvalue weighted by Gasteiger charge is 2.25. The largest absolute Gasteiger partial charge is 0.338 e. The summed E-state index contributed by atoms with van der Waals surface area (Å²) in [6.07, 6.45) is 3.42. The number of nitrogens with zero attached hydrogens (tertiary/aromatic N) is 3. The first kappa shape index (κ1) is 16.8. The van der Waals surface area contributed by atoms with Crippen LogP contribution in [0.2, 0.25) is 0 Å². The van der Waals surface area contributed by atoms with Crippen LogP contribution in [-0.4, -0.2) is 32.9 Å². The van der Waals surface area contributed by atoms with Crippen molar-refractivity contribution in [2.75, 3.05) is 6.54 Å². The molecule has 2 heterocycles. The van der Waals surface area contributed by atoms with Gasteiger partial charge >= 0.3 is 0 Å². The van der Waals surface area contributed by atoms with Crippen LogP contribution in [0.3, 0.4) is 0 Å². The minimum atomic E-state index is 0.190. The fourth-order valence-electron chi connectivity index (χ4n) is 3.96. The Bertz CT molecular complexity index is 943. The lowest BCUT2D eigenvalue weighted by atomic mass is 10.0. The minimum Gasteiger partial charge on any atom is -0.338 e. The van der Waals surface area contributed by atoms with Crippen LogP contribution in [-0.2, 0) is 11.3 Å². The van der Waals surface area contributed by atoms with Gasteiger partial charge in [0.1, 0.15) is 12.4 Å². The van der Waals surface area contributed by atoms with Crippen molar-refractivity contribution in [1.29, 1.82) is 0 Å². The van der Waals surface area contributed by atoms with Crippen LogP contribution in [0.15, 0.2) is 48.5 Å². The summed E-state index contributed by atoms with van der Waals surface area (Å²) in [7, 11) is 0. The number of imidazole rings is 1. The summed E-state index contributed by atoms with van der Waals surface area (Å²) in [5, 5.41) is 0. The van der Waals surface area contributed by atoms with Gasteiger partial charge in [0.25, 0.3) is 0 Å². The maximum Gasteiger partial charge on any atom is 0.242 e. The second kappa shape index (κ2) is 6.94. The molecule has 0 saturated carbocycles. The molecule has 0 N–H and O–H groups in total. The zero-order valence-corrected chi connectivity index (χ0v) is 15.5. The Morgan fingerprint density at radius 1 is 1.12 bits per heavy atom. The molecule has 1 aliphatic heterocycles. The van der Waals surface area contributed by atoms with Crippen LogP contribution in [0.5, 0.6) is 0 Å². The Morgan fingerprint density at radius 2 is 1.88 bits per heavy atom. The molecule has 1 atom stereocenters. The van der Waals surface area contributed by atoms with E-state index in [1.165, 1.54) is 12.0 Å². The summed E-state index contributed by atoms with van der Waals surface area (Å²) in [6.45, 7) is 5.46. The maximum absolute atomic E-state index is 13.1. The van der Waals surface area contributed by atoms with E-state index in [2.05, 4.69) is 36.6 Å². The number of benzene rings is 2. The maximum atomic E-state index is 13.1. The van der Waals surface area contributed by atoms with Crippen molar-refractivity contribution in [3.8, 4) is 11.4 Å². The minimum absolute atomic E-state index is 0.190. The summed E-state index contributed by atoms with van der Waals surface area (Å²) in [6, 6.07) is 16.6. The molecule has 0 aliphatic carbocycles. The highest BCUT2D eigenvalue weighted by molar-refractivity contribution is 5.85. The molecule has 4 heteroatoms. The van der Waals surface area contributed by atoms with E-state index >= 15 is 0 Å². The number of piperidine rings is 1. The van der Waals surface area contributed by atoms with Gasteiger partial charge in [-0.1, -0.05) is 36.4 Å². The number of rotatable bonds is 3. The predicted molar refractivity (Wildman–Crippen MR) is 105 cm³/mol. The monoisotopic (exact) mass is 347 g/mol. The SMILES string of the molecule is Cc1ccccc1-c1nc2ccccc2n1CC(=O)N1CCCCC1C. The van der Waals surface area contributed by atoms with Gasteiger partial charge in [0.2, 0.25) is 5.91 Å². The Morgan fingerprint density at radius 3 is 2.69 bits per heavy atom. The topological polar surface area (TPSA) is 38.1 Å². The van der Waals surface area contributed by atoms with Crippen molar-refractivity contribution in [2.45, 2.75) is 45.7 Å². The lowest BCUT2D eigenvalue weighted by Crippen LogP contribution is -2.43. The van der Waals surface area contributed by atoms with Gasteiger partial charge in [0.05, 0.1) is 11.0 Å². The third-order valence-corrected chi connectivity index (χ3v) is 5.46. The normalized spacial score (nSPS) is 17.6. The van der Waals surface area contributed by atoms with E-state index < -0.39 is 0 Å². The molecule has 1 aliphatic rings. The summed E-state index contributed by atoms with van der Waals surface area (Å²) >= 11 is 0. The number of para-hydroxylation sites is 2. The van der Waals surface area contributed by atoms with Gasteiger partial charge in [-0.2, -0.15) is 0 Å². The molecule has 0 bridgehead atoms. The van der Waals surface area contributed by atoms with Crippen molar-refractivity contribution in [3.05, 3.63) is 54.1 Å². The number of amides is 1. The van der Waals surface area contributed by atoms with Crippen LogP contribution in [0.25, 0.3) is 22.4 Å².